The Hall–Kier alpha value is -0.660. The largest absolute Gasteiger partial charge is 0.299 e. The fourth-order valence-corrected chi connectivity index (χ4v) is 6.80. The van der Waals surface area contributed by atoms with Gasteiger partial charge in [0.1, 0.15) is 5.78 Å². The number of hydrogen-bond donors (Lipinski definition) is 0. The predicted octanol–water partition coefficient (Wildman–Crippen LogP) is 12.8. The van der Waals surface area contributed by atoms with E-state index < -0.39 is 5.92 Å². The van der Waals surface area contributed by atoms with Crippen LogP contribution in [0.1, 0.15) is 191 Å². The molecule has 0 aliphatic rings. The van der Waals surface area contributed by atoms with Crippen LogP contribution in [0.4, 0.5) is 0 Å². The summed E-state index contributed by atoms with van der Waals surface area (Å²) in [6.45, 7) is 23.2. The minimum Gasteiger partial charge on any atom is -0.299 e. The molecule has 42 heavy (non-hydrogen) atoms. The molecule has 0 aliphatic heterocycles. The van der Waals surface area contributed by atoms with Crippen molar-refractivity contribution in [3.8, 4) is 0 Å². The Balaban J connectivity index is 4.10. The summed E-state index contributed by atoms with van der Waals surface area (Å²) in [5.41, 5.74) is 0. The third-order valence-corrected chi connectivity index (χ3v) is 10.1. The second kappa shape index (κ2) is 25.6. The predicted molar refractivity (Wildman–Crippen MR) is 187 cm³/mol. The van der Waals surface area contributed by atoms with Gasteiger partial charge in [-0.05, 0) is 53.8 Å². The van der Waals surface area contributed by atoms with E-state index in [2.05, 4.69) is 75.5 Å². The highest BCUT2D eigenvalue weighted by Gasteiger charge is 2.26. The number of ketones is 1. The van der Waals surface area contributed by atoms with E-state index >= 15 is 0 Å². The molecule has 0 aromatic rings. The van der Waals surface area contributed by atoms with Crippen LogP contribution in [0, 0.1) is 53.3 Å². The van der Waals surface area contributed by atoms with Crippen LogP contribution in [-0.2, 0) is 9.59 Å². The van der Waals surface area contributed by atoms with Gasteiger partial charge in [-0.3, -0.25) is 9.59 Å². The van der Waals surface area contributed by atoms with Crippen molar-refractivity contribution in [2.24, 2.45) is 53.3 Å². The lowest BCUT2D eigenvalue weighted by Crippen LogP contribution is -2.25. The molecule has 0 aromatic heterocycles. The Bertz CT molecular complexity index is 638. The summed E-state index contributed by atoms with van der Waals surface area (Å²) in [6, 6.07) is 0. The lowest BCUT2D eigenvalue weighted by molar-refractivity contribution is -0.123. The fourth-order valence-electron chi connectivity index (χ4n) is 6.80. The van der Waals surface area contributed by atoms with Crippen LogP contribution in [0.15, 0.2) is 0 Å². The van der Waals surface area contributed by atoms with Crippen LogP contribution in [0.5, 0.6) is 0 Å². The number of Topliss-reactive ketones (excluding diaryl/α,β-unsaturated/α-hetero) is 1. The third-order valence-electron chi connectivity index (χ3n) is 10.1. The van der Waals surface area contributed by atoms with E-state index in [-0.39, 0.29) is 11.7 Å². The summed E-state index contributed by atoms with van der Waals surface area (Å²) < 4.78 is 0. The Morgan fingerprint density at radius 2 is 0.714 bits per heavy atom. The Labute approximate surface area is 265 Å². The van der Waals surface area contributed by atoms with Gasteiger partial charge in [0, 0.05) is 6.42 Å². The average Bonchev–Trinajstić information content (AvgIpc) is 2.88. The van der Waals surface area contributed by atoms with Crippen molar-refractivity contribution in [3.63, 3.8) is 0 Å². The minimum absolute atomic E-state index is 0.114. The van der Waals surface area contributed by atoms with Crippen molar-refractivity contribution in [1.29, 1.82) is 0 Å². The van der Waals surface area contributed by atoms with Crippen molar-refractivity contribution in [2.45, 2.75) is 191 Å². The Kier molecular flexibility index (Phi) is 25.2. The van der Waals surface area contributed by atoms with Crippen molar-refractivity contribution >= 4 is 12.1 Å². The monoisotopic (exact) mass is 590 g/mol. The molecule has 0 rings (SSSR count). The smallest absolute Gasteiger partial charge is 0.209 e. The Morgan fingerprint density at radius 3 is 1.02 bits per heavy atom. The van der Waals surface area contributed by atoms with Crippen molar-refractivity contribution in [3.05, 3.63) is 0 Å². The molecule has 7 unspecified atom stereocenters. The standard InChI is InChI=1S/C40H77O2/c1-31(2)17-11-19-33(5)21-13-23-35(7)25-15-27-37(9)29-40(42)39(30-41)38(10)28-16-26-36(8)24-14-22-34(6)20-12-18-32(3)4/h31-39H,11-29H2,1-10H3. The zero-order valence-corrected chi connectivity index (χ0v) is 30.4. The first-order valence-electron chi connectivity index (χ1n) is 18.8. The highest BCUT2D eigenvalue weighted by Crippen LogP contribution is 2.27. The molecule has 0 spiro atoms. The van der Waals surface area contributed by atoms with Gasteiger partial charge in [-0.1, -0.05) is 178 Å². The number of hydrogen-bond acceptors (Lipinski definition) is 2. The summed E-state index contributed by atoms with van der Waals surface area (Å²) in [5, 5.41) is 0. The zero-order valence-electron chi connectivity index (χ0n) is 30.4. The molecule has 0 saturated heterocycles. The summed E-state index contributed by atoms with van der Waals surface area (Å²) in [4.78, 5) is 24.8. The molecule has 249 valence electrons. The van der Waals surface area contributed by atoms with Crippen LogP contribution in [0.25, 0.3) is 0 Å². The van der Waals surface area contributed by atoms with Gasteiger partial charge in [-0.15, -0.1) is 0 Å². The highest BCUT2D eigenvalue weighted by atomic mass is 16.1. The fraction of sp³-hybridized carbons (Fsp3) is 0.950. The normalized spacial score (nSPS) is 17.1. The maximum atomic E-state index is 13.0. The number of rotatable bonds is 29. The van der Waals surface area contributed by atoms with Crippen LogP contribution in [-0.4, -0.2) is 12.1 Å². The van der Waals surface area contributed by atoms with Crippen LogP contribution in [0.3, 0.4) is 0 Å². The lowest BCUT2D eigenvalue weighted by Gasteiger charge is -2.20. The molecule has 1 radical (unpaired) electrons. The average molecular weight is 590 g/mol. The summed E-state index contributed by atoms with van der Waals surface area (Å²) >= 11 is 0. The first kappa shape index (κ1) is 41.3. The maximum Gasteiger partial charge on any atom is 0.209 e. The van der Waals surface area contributed by atoms with Gasteiger partial charge in [-0.2, -0.15) is 0 Å². The van der Waals surface area contributed by atoms with E-state index in [1.165, 1.54) is 96.3 Å². The third kappa shape index (κ3) is 23.8. The Morgan fingerprint density at radius 1 is 0.429 bits per heavy atom. The number of carbonyl (C=O) groups excluding carboxylic acids is 2. The minimum atomic E-state index is -0.532. The summed E-state index contributed by atoms with van der Waals surface area (Å²) in [6.07, 6.45) is 25.8. The molecule has 0 heterocycles. The summed E-state index contributed by atoms with van der Waals surface area (Å²) in [5.74, 6) is 4.94. The van der Waals surface area contributed by atoms with E-state index in [0.717, 1.165) is 54.8 Å². The van der Waals surface area contributed by atoms with Gasteiger partial charge >= 0.3 is 0 Å². The van der Waals surface area contributed by atoms with Gasteiger partial charge in [0.05, 0.1) is 5.92 Å². The molecule has 2 heteroatoms. The van der Waals surface area contributed by atoms with Crippen molar-refractivity contribution in [2.75, 3.05) is 0 Å². The van der Waals surface area contributed by atoms with Crippen molar-refractivity contribution in [1.82, 2.24) is 0 Å². The van der Waals surface area contributed by atoms with Gasteiger partial charge in [-0.25, -0.2) is 0 Å². The quantitative estimate of drug-likeness (QED) is 0.0813. The molecule has 2 nitrogen and oxygen atoms in total. The molecular weight excluding hydrogens is 512 g/mol. The second-order valence-electron chi connectivity index (χ2n) is 16.1. The zero-order chi connectivity index (χ0) is 31.9. The first-order chi connectivity index (χ1) is 19.8. The van der Waals surface area contributed by atoms with Crippen LogP contribution in [0.2, 0.25) is 0 Å². The van der Waals surface area contributed by atoms with E-state index in [1.807, 2.05) is 0 Å². The van der Waals surface area contributed by atoms with E-state index in [9.17, 15) is 9.59 Å². The molecule has 0 saturated carbocycles. The lowest BCUT2D eigenvalue weighted by atomic mass is 9.82. The molecule has 0 aliphatic carbocycles. The molecule has 0 amide bonds. The van der Waals surface area contributed by atoms with Crippen LogP contribution >= 0.6 is 0 Å². The molecule has 0 N–H and O–H groups in total. The molecule has 0 aromatic carbocycles. The topological polar surface area (TPSA) is 34.1 Å². The highest BCUT2D eigenvalue weighted by molar-refractivity contribution is 5.93. The first-order valence-corrected chi connectivity index (χ1v) is 18.8. The second-order valence-corrected chi connectivity index (χ2v) is 16.1. The van der Waals surface area contributed by atoms with Gasteiger partial charge < -0.3 is 0 Å². The molecule has 7 atom stereocenters. The van der Waals surface area contributed by atoms with Crippen LogP contribution < -0.4 is 0 Å². The van der Waals surface area contributed by atoms with E-state index in [0.29, 0.717) is 12.3 Å². The molecular formula is C40H77O2. The van der Waals surface area contributed by atoms with E-state index in [1.54, 1.807) is 0 Å². The molecule has 0 bridgehead atoms. The SMILES string of the molecule is CC(C)CCCC(C)CCCC(C)CCCC(C)CC(=O)C([C]=O)C(C)CCCC(C)CCCC(C)CCCC(C)C. The number of carbonyl (C=O) groups is 1. The molecule has 0 fully saturated rings. The maximum absolute atomic E-state index is 13.0. The van der Waals surface area contributed by atoms with Gasteiger partial charge in [0.25, 0.3) is 0 Å². The van der Waals surface area contributed by atoms with E-state index in [4.69, 9.17) is 0 Å². The van der Waals surface area contributed by atoms with Gasteiger partial charge in [0.2, 0.25) is 6.29 Å². The van der Waals surface area contributed by atoms with Crippen molar-refractivity contribution < 1.29 is 9.59 Å². The summed E-state index contributed by atoms with van der Waals surface area (Å²) in [7, 11) is 0. The van der Waals surface area contributed by atoms with Gasteiger partial charge in [0.15, 0.2) is 0 Å².